The second kappa shape index (κ2) is 11.2. The van der Waals surface area contributed by atoms with Crippen LogP contribution in [0, 0.1) is 6.92 Å². The van der Waals surface area contributed by atoms with Gasteiger partial charge in [0.25, 0.3) is 5.91 Å². The Kier molecular flexibility index (Phi) is 8.06. The number of benzene rings is 2. The molecular formula is C22H21BrN6O4. The lowest BCUT2D eigenvalue weighted by molar-refractivity contribution is -0.115. The molecule has 0 spiro atoms. The number of hydrogen-bond donors (Lipinski definition) is 4. The largest absolute Gasteiger partial charge is 0.424 e. The van der Waals surface area contributed by atoms with Gasteiger partial charge in [0.2, 0.25) is 5.91 Å². The lowest BCUT2D eigenvalue weighted by Crippen LogP contribution is -2.35. The summed E-state index contributed by atoms with van der Waals surface area (Å²) in [4.78, 5) is 44.9. The molecule has 33 heavy (non-hydrogen) atoms. The molecule has 3 rings (SSSR count). The Morgan fingerprint density at radius 2 is 1.76 bits per heavy atom. The van der Waals surface area contributed by atoms with E-state index in [-0.39, 0.29) is 24.0 Å². The van der Waals surface area contributed by atoms with Gasteiger partial charge in [0.15, 0.2) is 0 Å². The molecule has 0 aliphatic carbocycles. The van der Waals surface area contributed by atoms with E-state index in [2.05, 4.69) is 47.2 Å². The number of urea groups is 1. The first-order valence-corrected chi connectivity index (χ1v) is 10.6. The molecular weight excluding hydrogens is 492 g/mol. The molecule has 170 valence electrons. The van der Waals surface area contributed by atoms with Crippen molar-refractivity contribution in [1.82, 2.24) is 20.6 Å². The van der Waals surface area contributed by atoms with Gasteiger partial charge in [-0.3, -0.25) is 14.9 Å². The van der Waals surface area contributed by atoms with Crippen LogP contribution in [0.4, 0.5) is 16.2 Å². The van der Waals surface area contributed by atoms with Crippen molar-refractivity contribution >= 4 is 45.2 Å². The number of rotatable bonds is 7. The maximum absolute atomic E-state index is 12.6. The Hall–Kier alpha value is -3.83. The molecule has 4 N–H and O–H groups in total. The molecule has 11 heteroatoms. The average molecular weight is 513 g/mol. The van der Waals surface area contributed by atoms with Crippen molar-refractivity contribution in [2.75, 3.05) is 24.2 Å². The monoisotopic (exact) mass is 512 g/mol. The van der Waals surface area contributed by atoms with Gasteiger partial charge in [0, 0.05) is 18.1 Å². The Labute approximate surface area is 198 Å². The van der Waals surface area contributed by atoms with Crippen LogP contribution in [0.1, 0.15) is 15.9 Å². The molecule has 0 fully saturated rings. The number of ether oxygens (including phenoxy) is 1. The van der Waals surface area contributed by atoms with Crippen molar-refractivity contribution in [1.29, 1.82) is 0 Å². The van der Waals surface area contributed by atoms with Crippen LogP contribution < -0.4 is 26.0 Å². The van der Waals surface area contributed by atoms with E-state index >= 15 is 0 Å². The van der Waals surface area contributed by atoms with Crippen molar-refractivity contribution in [3.8, 4) is 11.8 Å². The highest BCUT2D eigenvalue weighted by atomic mass is 79.9. The van der Waals surface area contributed by atoms with Crippen molar-refractivity contribution in [3.63, 3.8) is 0 Å². The number of aromatic nitrogens is 2. The van der Waals surface area contributed by atoms with E-state index in [1.807, 2.05) is 0 Å². The molecule has 1 aromatic heterocycles. The maximum atomic E-state index is 12.6. The summed E-state index contributed by atoms with van der Waals surface area (Å²) in [5.41, 5.74) is 1.64. The van der Waals surface area contributed by atoms with Gasteiger partial charge in [-0.25, -0.2) is 14.8 Å². The number of anilines is 2. The zero-order valence-corrected chi connectivity index (χ0v) is 19.4. The average Bonchev–Trinajstić information content (AvgIpc) is 2.77. The third kappa shape index (κ3) is 6.82. The summed E-state index contributed by atoms with van der Waals surface area (Å²) in [7, 11) is 1.64. The molecule has 3 aromatic rings. The molecule has 2 aromatic carbocycles. The van der Waals surface area contributed by atoms with Crippen LogP contribution in [-0.2, 0) is 4.79 Å². The molecule has 4 amide bonds. The highest BCUT2D eigenvalue weighted by Gasteiger charge is 2.16. The predicted molar refractivity (Wildman–Crippen MR) is 126 cm³/mol. The molecule has 0 unspecified atom stereocenters. The number of nitrogens with one attached hydrogen (secondary N) is 4. The summed E-state index contributed by atoms with van der Waals surface area (Å²) in [6, 6.07) is 10.8. The van der Waals surface area contributed by atoms with Gasteiger partial charge in [-0.15, -0.1) is 0 Å². The van der Waals surface area contributed by atoms with Gasteiger partial charge in [-0.2, -0.15) is 0 Å². The minimum absolute atomic E-state index is 0.0868. The number of carbonyl (C=O) groups is 3. The highest BCUT2D eigenvalue weighted by molar-refractivity contribution is 9.10. The van der Waals surface area contributed by atoms with E-state index in [9.17, 15) is 14.4 Å². The van der Waals surface area contributed by atoms with Gasteiger partial charge in [-0.1, -0.05) is 12.1 Å². The van der Waals surface area contributed by atoms with E-state index in [4.69, 9.17) is 4.74 Å². The summed E-state index contributed by atoms with van der Waals surface area (Å²) in [5, 5.41) is 10.2. The summed E-state index contributed by atoms with van der Waals surface area (Å²) in [6.45, 7) is 1.88. The molecule has 0 radical (unpaired) electrons. The first kappa shape index (κ1) is 23.8. The Balaban J connectivity index is 1.63. The summed E-state index contributed by atoms with van der Waals surface area (Å²) < 4.78 is 6.38. The smallest absolute Gasteiger partial charge is 0.326 e. The van der Waals surface area contributed by atoms with E-state index < -0.39 is 11.9 Å². The van der Waals surface area contributed by atoms with Gasteiger partial charge < -0.3 is 20.7 Å². The second-order valence-electron chi connectivity index (χ2n) is 6.80. The maximum Gasteiger partial charge on any atom is 0.326 e. The fourth-order valence-corrected chi connectivity index (χ4v) is 2.98. The molecule has 0 aliphatic rings. The van der Waals surface area contributed by atoms with Crippen molar-refractivity contribution in [2.45, 2.75) is 6.92 Å². The highest BCUT2D eigenvalue weighted by Crippen LogP contribution is 2.25. The predicted octanol–water partition coefficient (Wildman–Crippen LogP) is 3.46. The van der Waals surface area contributed by atoms with E-state index in [1.165, 1.54) is 6.07 Å². The van der Waals surface area contributed by atoms with Crippen LogP contribution in [0.25, 0.3) is 0 Å². The third-order valence-electron chi connectivity index (χ3n) is 4.24. The lowest BCUT2D eigenvalue weighted by Gasteiger charge is -2.12. The van der Waals surface area contributed by atoms with Gasteiger partial charge in [-0.05, 0) is 65.8 Å². The number of likely N-dealkylation sites (N-methyl/N-ethyl adjacent to an activating group) is 1. The lowest BCUT2D eigenvalue weighted by atomic mass is 10.1. The van der Waals surface area contributed by atoms with E-state index in [0.717, 1.165) is 10.0 Å². The summed E-state index contributed by atoms with van der Waals surface area (Å²) in [6.07, 6.45) is 3.14. The molecule has 10 nitrogen and oxygen atoms in total. The Bertz CT molecular complexity index is 1170. The van der Waals surface area contributed by atoms with Crippen molar-refractivity contribution in [3.05, 3.63) is 70.5 Å². The Morgan fingerprint density at radius 1 is 1.03 bits per heavy atom. The minimum atomic E-state index is -0.722. The zero-order valence-electron chi connectivity index (χ0n) is 17.8. The standard InChI is InChI=1S/C22H21BrN6O4/c1-13-9-15(7-8-18(13)33-22-25-10-14(23)11-26-22)27-21(32)29-20(31)16-5-3-4-6-17(16)28-19(30)12-24-2/h3-11,24H,12H2,1-2H3,(H,28,30)(H2,27,29,31,32). The molecule has 0 aliphatic heterocycles. The number of nitrogens with zero attached hydrogens (tertiary/aromatic N) is 2. The molecule has 0 atom stereocenters. The van der Waals surface area contributed by atoms with Gasteiger partial charge in [0.1, 0.15) is 5.75 Å². The molecule has 0 saturated heterocycles. The van der Waals surface area contributed by atoms with Gasteiger partial charge >= 0.3 is 12.0 Å². The first-order valence-electron chi connectivity index (χ1n) is 9.77. The van der Waals surface area contributed by atoms with Crippen LogP contribution in [0.3, 0.4) is 0 Å². The summed E-state index contributed by atoms with van der Waals surface area (Å²) >= 11 is 3.26. The molecule has 0 bridgehead atoms. The minimum Gasteiger partial charge on any atom is -0.424 e. The fourth-order valence-electron chi connectivity index (χ4n) is 2.77. The van der Waals surface area contributed by atoms with Crippen LogP contribution in [-0.4, -0.2) is 41.4 Å². The number of aryl methyl sites for hydroxylation is 1. The number of amides is 4. The van der Waals surface area contributed by atoms with Crippen LogP contribution in [0.2, 0.25) is 0 Å². The second-order valence-corrected chi connectivity index (χ2v) is 7.71. The summed E-state index contributed by atoms with van der Waals surface area (Å²) in [5.74, 6) is -0.448. The molecule has 1 heterocycles. The third-order valence-corrected chi connectivity index (χ3v) is 4.65. The Morgan fingerprint density at radius 3 is 2.45 bits per heavy atom. The molecule has 0 saturated carbocycles. The van der Waals surface area contributed by atoms with Crippen LogP contribution >= 0.6 is 15.9 Å². The van der Waals surface area contributed by atoms with E-state index in [1.54, 1.807) is 62.8 Å². The quantitative estimate of drug-likeness (QED) is 0.380. The number of imide groups is 1. The topological polar surface area (TPSA) is 134 Å². The number of carbonyl (C=O) groups excluding carboxylic acids is 3. The normalized spacial score (nSPS) is 10.3. The number of para-hydroxylation sites is 1. The number of halogens is 1. The van der Waals surface area contributed by atoms with Crippen molar-refractivity contribution in [2.24, 2.45) is 0 Å². The first-order chi connectivity index (χ1) is 15.9. The zero-order chi connectivity index (χ0) is 23.8. The van der Waals surface area contributed by atoms with Crippen LogP contribution in [0.15, 0.2) is 59.3 Å². The van der Waals surface area contributed by atoms with Crippen LogP contribution in [0.5, 0.6) is 11.8 Å². The van der Waals surface area contributed by atoms with Gasteiger partial charge in [0.05, 0.1) is 22.3 Å². The number of hydrogen-bond acceptors (Lipinski definition) is 7. The fraction of sp³-hybridized carbons (Fsp3) is 0.136. The van der Waals surface area contributed by atoms with Crippen molar-refractivity contribution < 1.29 is 19.1 Å². The van der Waals surface area contributed by atoms with E-state index in [0.29, 0.717) is 17.1 Å². The SMILES string of the molecule is CNCC(=O)Nc1ccccc1C(=O)NC(=O)Nc1ccc(Oc2ncc(Br)cn2)c(C)c1.